The number of morpholine rings is 1. The fourth-order valence-electron chi connectivity index (χ4n) is 4.48. The van der Waals surface area contributed by atoms with Crippen LogP contribution < -0.4 is 10.1 Å². The molecular weight excluding hydrogens is 421 g/mol. The molecule has 1 fully saturated rings. The Balaban J connectivity index is 1.71. The van der Waals surface area contributed by atoms with Gasteiger partial charge in [0.25, 0.3) is 0 Å². The number of fused-ring (bicyclic) bond motifs is 1. The number of nitrogens with one attached hydrogen (secondary N) is 1. The molecule has 0 aromatic heterocycles. The molecule has 1 unspecified atom stereocenters. The summed E-state index contributed by atoms with van der Waals surface area (Å²) < 4.78 is 24.7. The second kappa shape index (κ2) is 9.57. The summed E-state index contributed by atoms with van der Waals surface area (Å²) in [6.45, 7) is 4.23. The van der Waals surface area contributed by atoms with Gasteiger partial charge in [-0.1, -0.05) is 36.4 Å². The molecule has 1 aliphatic heterocycles. The molecule has 3 aromatic carbocycles. The third-order valence-corrected chi connectivity index (χ3v) is 6.35. The van der Waals surface area contributed by atoms with Crippen LogP contribution >= 0.6 is 0 Å². The number of benzene rings is 3. The molecule has 1 aliphatic rings. The number of nitrogens with zero attached hydrogens (tertiary/aromatic N) is 2. The molecule has 1 N–H and O–H groups in total. The fraction of sp³-hybridized carbons (Fsp3) is 0.308. The summed E-state index contributed by atoms with van der Waals surface area (Å²) in [5.41, 5.74) is 0.831. The van der Waals surface area contributed by atoms with Gasteiger partial charge in [-0.15, -0.1) is 0 Å². The molecule has 3 aromatic rings. The van der Waals surface area contributed by atoms with Gasteiger partial charge in [0.1, 0.15) is 23.2 Å². The molecule has 1 atom stereocenters. The summed E-state index contributed by atoms with van der Waals surface area (Å²) in [4.78, 5) is 15.8. The van der Waals surface area contributed by atoms with E-state index in [0.29, 0.717) is 43.2 Å². The van der Waals surface area contributed by atoms with E-state index in [1.54, 1.807) is 18.2 Å². The van der Waals surface area contributed by atoms with Gasteiger partial charge >= 0.3 is 0 Å². The van der Waals surface area contributed by atoms with Gasteiger partial charge in [0.15, 0.2) is 0 Å². The number of halogens is 1. The average molecular weight is 448 g/mol. The Morgan fingerprint density at radius 1 is 1.21 bits per heavy atom. The number of amides is 1. The van der Waals surface area contributed by atoms with Crippen LogP contribution in [0.5, 0.6) is 5.75 Å². The number of hydrogen-bond acceptors (Lipinski definition) is 5. The lowest BCUT2D eigenvalue weighted by atomic mass is 9.88. The lowest BCUT2D eigenvalue weighted by Crippen LogP contribution is -2.57. The van der Waals surface area contributed by atoms with Crippen molar-refractivity contribution in [1.82, 2.24) is 10.2 Å². The van der Waals surface area contributed by atoms with Crippen molar-refractivity contribution in [1.29, 1.82) is 5.26 Å². The van der Waals surface area contributed by atoms with Gasteiger partial charge in [0, 0.05) is 25.2 Å². The predicted molar refractivity (Wildman–Crippen MR) is 123 cm³/mol. The molecule has 0 bridgehead atoms. The number of hydrogen-bond donors (Lipinski definition) is 1. The smallest absolute Gasteiger partial charge is 0.245 e. The number of carbonyl (C=O) groups excluding carboxylic acids is 1. The third-order valence-electron chi connectivity index (χ3n) is 6.35. The minimum Gasteiger partial charge on any atom is -0.495 e. The highest BCUT2D eigenvalue weighted by Gasteiger charge is 2.41. The minimum absolute atomic E-state index is 0.180. The number of carbonyl (C=O) groups is 1. The Kier molecular flexibility index (Phi) is 6.59. The lowest BCUT2D eigenvalue weighted by molar-refractivity contribution is -0.136. The van der Waals surface area contributed by atoms with E-state index in [-0.39, 0.29) is 18.3 Å². The van der Waals surface area contributed by atoms with Crippen LogP contribution in [-0.2, 0) is 21.6 Å². The molecule has 0 spiro atoms. The van der Waals surface area contributed by atoms with Crippen molar-refractivity contribution in [3.05, 3.63) is 77.1 Å². The number of ether oxygens (including phenoxy) is 2. The van der Waals surface area contributed by atoms with Gasteiger partial charge in [0.05, 0.1) is 25.9 Å². The first-order valence-corrected chi connectivity index (χ1v) is 10.8. The van der Waals surface area contributed by atoms with Crippen LogP contribution in [-0.4, -0.2) is 44.2 Å². The van der Waals surface area contributed by atoms with Crippen LogP contribution in [0.15, 0.2) is 54.6 Å². The molecule has 6 nitrogen and oxygen atoms in total. The molecule has 4 rings (SSSR count). The third kappa shape index (κ3) is 4.28. The highest BCUT2D eigenvalue weighted by atomic mass is 19.1. The Bertz CT molecular complexity index is 1200. The zero-order chi connectivity index (χ0) is 23.4. The van der Waals surface area contributed by atoms with E-state index in [1.807, 2.05) is 31.2 Å². The second-order valence-electron chi connectivity index (χ2n) is 8.13. The number of methoxy groups -OCH3 is 1. The van der Waals surface area contributed by atoms with Crippen molar-refractivity contribution in [2.75, 3.05) is 33.4 Å². The summed E-state index contributed by atoms with van der Waals surface area (Å²) >= 11 is 0. The largest absolute Gasteiger partial charge is 0.495 e. The molecule has 33 heavy (non-hydrogen) atoms. The molecular formula is C26H26FN3O3. The summed E-state index contributed by atoms with van der Waals surface area (Å²) in [5.74, 6) is -0.121. The van der Waals surface area contributed by atoms with Gasteiger partial charge in [0.2, 0.25) is 5.91 Å². The Hall–Kier alpha value is -3.47. The van der Waals surface area contributed by atoms with Gasteiger partial charge in [-0.05, 0) is 41.5 Å². The highest BCUT2D eigenvalue weighted by molar-refractivity contribution is 5.91. The molecule has 0 saturated carbocycles. The Morgan fingerprint density at radius 2 is 1.91 bits per heavy atom. The van der Waals surface area contributed by atoms with Crippen LogP contribution in [0, 0.1) is 17.1 Å². The molecule has 170 valence electrons. The topological polar surface area (TPSA) is 74.6 Å². The molecule has 7 heteroatoms. The average Bonchev–Trinajstić information content (AvgIpc) is 2.86. The van der Waals surface area contributed by atoms with Crippen molar-refractivity contribution < 1.29 is 18.7 Å². The minimum atomic E-state index is -1.02. The van der Waals surface area contributed by atoms with Crippen LogP contribution in [0.3, 0.4) is 0 Å². The predicted octanol–water partition coefficient (Wildman–Crippen LogP) is 3.72. The van der Waals surface area contributed by atoms with Gasteiger partial charge < -0.3 is 14.8 Å². The zero-order valence-electron chi connectivity index (χ0n) is 18.7. The van der Waals surface area contributed by atoms with Crippen molar-refractivity contribution in [3.63, 3.8) is 0 Å². The quantitative estimate of drug-likeness (QED) is 0.623. The Morgan fingerprint density at radius 3 is 2.58 bits per heavy atom. The van der Waals surface area contributed by atoms with Crippen LogP contribution in [0.1, 0.15) is 23.6 Å². The standard InChI is InChI=1S/C26H26FN3O3/c1-26(30-11-13-33-14-12-30,20-7-9-21(27)10-8-20)25(31)29-17-23-22-6-4-3-5-18(22)15-19(16-28)24(23)32-2/h3-10,15H,11-14,17H2,1-2H3,(H,29,31). The Labute approximate surface area is 192 Å². The van der Waals surface area contributed by atoms with Crippen molar-refractivity contribution in [2.24, 2.45) is 0 Å². The van der Waals surface area contributed by atoms with Gasteiger partial charge in [-0.3, -0.25) is 9.69 Å². The van der Waals surface area contributed by atoms with Gasteiger partial charge in [-0.2, -0.15) is 5.26 Å². The summed E-state index contributed by atoms with van der Waals surface area (Å²) in [6.07, 6.45) is 0. The maximum atomic E-state index is 13.7. The SMILES string of the molecule is COc1c(C#N)cc2ccccc2c1CNC(=O)C(C)(c1ccc(F)cc1)N1CCOCC1. The molecule has 0 aliphatic carbocycles. The van der Waals surface area contributed by atoms with E-state index >= 15 is 0 Å². The van der Waals surface area contributed by atoms with Crippen molar-refractivity contribution in [2.45, 2.75) is 19.0 Å². The van der Waals surface area contributed by atoms with E-state index in [0.717, 1.165) is 16.3 Å². The van der Waals surface area contributed by atoms with E-state index in [4.69, 9.17) is 9.47 Å². The number of nitriles is 1. The normalized spacial score (nSPS) is 16.1. The first-order chi connectivity index (χ1) is 16.0. The van der Waals surface area contributed by atoms with Crippen LogP contribution in [0.2, 0.25) is 0 Å². The van der Waals surface area contributed by atoms with Crippen LogP contribution in [0.25, 0.3) is 10.8 Å². The monoisotopic (exact) mass is 447 g/mol. The number of rotatable bonds is 6. The molecule has 1 amide bonds. The highest BCUT2D eigenvalue weighted by Crippen LogP contribution is 2.33. The first-order valence-electron chi connectivity index (χ1n) is 10.8. The summed E-state index contributed by atoms with van der Waals surface area (Å²) in [7, 11) is 1.52. The van der Waals surface area contributed by atoms with Crippen LogP contribution in [0.4, 0.5) is 4.39 Å². The first kappa shape index (κ1) is 22.7. The zero-order valence-corrected chi connectivity index (χ0v) is 18.7. The summed E-state index contributed by atoms with van der Waals surface area (Å²) in [5, 5.41) is 14.5. The molecule has 1 heterocycles. The van der Waals surface area contributed by atoms with Crippen molar-refractivity contribution >= 4 is 16.7 Å². The maximum absolute atomic E-state index is 13.7. The van der Waals surface area contributed by atoms with Crippen molar-refractivity contribution in [3.8, 4) is 11.8 Å². The van der Waals surface area contributed by atoms with E-state index in [9.17, 15) is 14.4 Å². The molecule has 1 saturated heterocycles. The van der Waals surface area contributed by atoms with E-state index in [1.165, 1.54) is 19.2 Å². The molecule has 0 radical (unpaired) electrons. The second-order valence-corrected chi connectivity index (χ2v) is 8.13. The van der Waals surface area contributed by atoms with E-state index in [2.05, 4.69) is 16.3 Å². The maximum Gasteiger partial charge on any atom is 0.245 e. The fourth-order valence-corrected chi connectivity index (χ4v) is 4.48. The lowest BCUT2D eigenvalue weighted by Gasteiger charge is -2.42. The summed E-state index contributed by atoms with van der Waals surface area (Å²) in [6, 6.07) is 17.7. The van der Waals surface area contributed by atoms with Gasteiger partial charge in [-0.25, -0.2) is 4.39 Å². The van der Waals surface area contributed by atoms with E-state index < -0.39 is 5.54 Å².